The van der Waals surface area contributed by atoms with Gasteiger partial charge in [0.2, 0.25) is 12.6 Å². The third-order valence-electron chi connectivity index (χ3n) is 12.9. The number of nitrogens with zero attached hydrogens (tertiary/aromatic N) is 3. The molecule has 15 nitrogen and oxygen atoms in total. The number of allylic oxidation sites excluding steroid dienone is 1. The number of nitro groups is 1. The zero-order valence-electron chi connectivity index (χ0n) is 37.2. The highest BCUT2D eigenvalue weighted by molar-refractivity contribution is 6.18. The number of aliphatic hydroxyl groups is 2. The number of unbranched alkanes of at least 4 members (excludes halogenated alkanes) is 2. The Labute approximate surface area is 394 Å². The Hall–Kier alpha value is -6.13. The second-order valence-electron chi connectivity index (χ2n) is 17.0. The van der Waals surface area contributed by atoms with Crippen LogP contribution in [0.5, 0.6) is 28.7 Å². The molecule has 1 saturated carbocycles. The van der Waals surface area contributed by atoms with Gasteiger partial charge >= 0.3 is 6.09 Å². The number of rotatable bonds is 22. The number of hydrogen-bond acceptors (Lipinski definition) is 13. The second kappa shape index (κ2) is 22.1. The molecule has 0 aromatic heterocycles. The molecular formula is C51H56ClN3O12. The van der Waals surface area contributed by atoms with Crippen molar-refractivity contribution in [1.29, 1.82) is 0 Å². The Morgan fingerprint density at radius 1 is 0.925 bits per heavy atom. The lowest BCUT2D eigenvalue weighted by molar-refractivity contribution is -0.384. The van der Waals surface area contributed by atoms with Gasteiger partial charge in [-0.05, 0) is 90.6 Å². The predicted octanol–water partition coefficient (Wildman–Crippen LogP) is 9.83. The number of non-ortho nitro benzene ring substituents is 1. The van der Waals surface area contributed by atoms with Crippen LogP contribution in [0.2, 0.25) is 0 Å². The maximum absolute atomic E-state index is 14.7. The van der Waals surface area contributed by atoms with Gasteiger partial charge < -0.3 is 43.5 Å². The van der Waals surface area contributed by atoms with E-state index in [1.807, 2.05) is 60.7 Å². The number of amides is 1. The van der Waals surface area contributed by atoms with Crippen LogP contribution < -0.4 is 18.9 Å². The number of halogens is 1. The molecule has 67 heavy (non-hydrogen) atoms. The molecule has 6 unspecified atom stereocenters. The van der Waals surface area contributed by atoms with E-state index in [2.05, 4.69) is 12.7 Å². The molecule has 16 heteroatoms. The summed E-state index contributed by atoms with van der Waals surface area (Å²) in [6, 6.07) is 25.9. The van der Waals surface area contributed by atoms with Crippen molar-refractivity contribution in [2.24, 2.45) is 22.9 Å². The highest BCUT2D eigenvalue weighted by Crippen LogP contribution is 2.62. The average Bonchev–Trinajstić information content (AvgIpc) is 3.82. The third-order valence-corrected chi connectivity index (χ3v) is 13.0. The standard InChI is InChI=1S/C51H56ClN3O12/c1-2-24-64-51-47(54(50(58)61-25-21-52)31-35-17-19-45-46(26-35)63-33-62-45)30-43(53-65-32-34-11-4-3-5-12-34)41-27-36(13-6-8-22-56)40(16-7-9-23-57)48(49(41)51)42-29-39(18-20-44(42)67-51)66-38-15-10-14-37(28-38)55(59)60/h2-5,10-12,14-15,17-20,26-29,36,40,47-49,56-57H,1,6-9,13,16,21-25,30-33H2. The highest BCUT2D eigenvalue weighted by Gasteiger charge is 2.65. The molecule has 2 aliphatic heterocycles. The lowest BCUT2D eigenvalue weighted by Crippen LogP contribution is -2.70. The van der Waals surface area contributed by atoms with Crippen LogP contribution in [0.4, 0.5) is 10.5 Å². The average molecular weight is 938 g/mol. The maximum Gasteiger partial charge on any atom is 0.410 e. The molecule has 6 atom stereocenters. The van der Waals surface area contributed by atoms with Crippen LogP contribution in [0, 0.1) is 27.9 Å². The molecule has 1 fully saturated rings. The first kappa shape index (κ1) is 47.4. The van der Waals surface area contributed by atoms with Crippen molar-refractivity contribution in [2.45, 2.75) is 75.8 Å². The zero-order chi connectivity index (χ0) is 46.8. The Bertz CT molecular complexity index is 2430. The monoisotopic (exact) mass is 937 g/mol. The summed E-state index contributed by atoms with van der Waals surface area (Å²) in [4.78, 5) is 33.8. The molecule has 8 rings (SSSR count). The van der Waals surface area contributed by atoms with Crippen LogP contribution in [0.25, 0.3) is 0 Å². The second-order valence-corrected chi connectivity index (χ2v) is 17.4. The van der Waals surface area contributed by atoms with Gasteiger partial charge in [-0.15, -0.1) is 18.2 Å². The first-order valence-corrected chi connectivity index (χ1v) is 23.3. The van der Waals surface area contributed by atoms with Crippen molar-refractivity contribution in [3.05, 3.63) is 142 Å². The molecule has 354 valence electrons. The fourth-order valence-electron chi connectivity index (χ4n) is 10.0. The van der Waals surface area contributed by atoms with Crippen LogP contribution in [-0.2, 0) is 27.5 Å². The quantitative estimate of drug-likeness (QED) is 0.0251. The first-order valence-electron chi connectivity index (χ1n) is 22.8. The van der Waals surface area contributed by atoms with E-state index in [1.54, 1.807) is 29.2 Å². The number of fused-ring (bicyclic) bond motifs is 3. The van der Waals surface area contributed by atoms with Gasteiger partial charge in [0.1, 0.15) is 36.5 Å². The minimum atomic E-state index is -1.58. The van der Waals surface area contributed by atoms with Crippen LogP contribution in [0.15, 0.2) is 120 Å². The Balaban J connectivity index is 1.33. The molecular weight excluding hydrogens is 882 g/mol. The van der Waals surface area contributed by atoms with Crippen molar-refractivity contribution < 1.29 is 53.2 Å². The van der Waals surface area contributed by atoms with Crippen molar-refractivity contribution >= 4 is 29.1 Å². The van der Waals surface area contributed by atoms with Crippen LogP contribution in [0.1, 0.15) is 67.6 Å². The van der Waals surface area contributed by atoms with Gasteiger partial charge in [-0.2, -0.15) is 0 Å². The molecule has 4 aromatic carbocycles. The molecule has 0 saturated heterocycles. The van der Waals surface area contributed by atoms with E-state index < -0.39 is 28.8 Å². The number of alkyl halides is 1. The van der Waals surface area contributed by atoms with Gasteiger partial charge in [-0.25, -0.2) is 4.79 Å². The Morgan fingerprint density at radius 3 is 2.48 bits per heavy atom. The van der Waals surface area contributed by atoms with Gasteiger partial charge in [-0.3, -0.25) is 15.0 Å². The summed E-state index contributed by atoms with van der Waals surface area (Å²) in [5, 5.41) is 36.6. The smallest absolute Gasteiger partial charge is 0.410 e. The fourth-order valence-corrected chi connectivity index (χ4v) is 10.1. The number of hydrogen-bond donors (Lipinski definition) is 2. The molecule has 2 aliphatic carbocycles. The van der Waals surface area contributed by atoms with Gasteiger partial charge in [0.05, 0.1) is 35.1 Å². The third kappa shape index (κ3) is 10.5. The summed E-state index contributed by atoms with van der Waals surface area (Å²) >= 11 is 6.13. The minimum Gasteiger partial charge on any atom is -0.459 e. The van der Waals surface area contributed by atoms with Gasteiger partial charge in [-0.1, -0.05) is 72.6 Å². The SMILES string of the molecule is C=CCOC12Oc3ccc(Oc4cccc([N+](=O)[O-])c4)cc3C3C(CCCCO)C(CCCCO)C=C(C(=NOCc4ccccc4)CC1N(Cc1ccc4c(c1)OCO4)C(=O)OCCCl)C32. The van der Waals surface area contributed by atoms with Crippen molar-refractivity contribution in [3.8, 4) is 28.7 Å². The van der Waals surface area contributed by atoms with Crippen molar-refractivity contribution in [3.63, 3.8) is 0 Å². The Kier molecular flexibility index (Phi) is 15.6. The molecule has 4 aliphatic rings. The number of carbonyl (C=O) groups excluding carboxylic acids is 1. The number of oxime groups is 1. The summed E-state index contributed by atoms with van der Waals surface area (Å²) in [5.74, 6) is -0.237. The molecule has 0 spiro atoms. The maximum atomic E-state index is 14.7. The van der Waals surface area contributed by atoms with E-state index in [1.165, 1.54) is 12.1 Å². The molecule has 2 N–H and O–H groups in total. The number of nitro benzene ring substituents is 1. The van der Waals surface area contributed by atoms with Gasteiger partial charge in [0.15, 0.2) is 11.5 Å². The fraction of sp³-hybridized carbons (Fsp3) is 0.412. The normalized spacial score (nSPS) is 22.7. The molecule has 1 amide bonds. The van der Waals surface area contributed by atoms with E-state index in [-0.39, 0.29) is 87.9 Å². The van der Waals surface area contributed by atoms with Gasteiger partial charge in [0.25, 0.3) is 5.69 Å². The number of carbonyl (C=O) groups is 1. The van der Waals surface area contributed by atoms with Crippen LogP contribution in [-0.4, -0.2) is 82.8 Å². The first-order chi connectivity index (χ1) is 32.8. The predicted molar refractivity (Wildman–Crippen MR) is 250 cm³/mol. The largest absolute Gasteiger partial charge is 0.459 e. The summed E-state index contributed by atoms with van der Waals surface area (Å²) in [6.07, 6.45) is 7.54. The topological polar surface area (TPSA) is 181 Å². The zero-order valence-corrected chi connectivity index (χ0v) is 38.0. The van der Waals surface area contributed by atoms with Crippen LogP contribution >= 0.6 is 11.6 Å². The molecule has 4 aromatic rings. The lowest BCUT2D eigenvalue weighted by Gasteiger charge is -2.59. The highest BCUT2D eigenvalue weighted by atomic mass is 35.5. The van der Waals surface area contributed by atoms with Crippen LogP contribution in [0.3, 0.4) is 0 Å². The summed E-state index contributed by atoms with van der Waals surface area (Å²) in [6.45, 7) is 4.42. The number of aliphatic hydroxyl groups excluding tert-OH is 2. The van der Waals surface area contributed by atoms with E-state index in [9.17, 15) is 25.1 Å². The van der Waals surface area contributed by atoms with Crippen molar-refractivity contribution in [1.82, 2.24) is 4.90 Å². The number of benzene rings is 4. The minimum absolute atomic E-state index is 0.0276. The van der Waals surface area contributed by atoms with Crippen molar-refractivity contribution in [2.75, 3.05) is 39.1 Å². The van der Waals surface area contributed by atoms with Gasteiger partial charge in [0, 0.05) is 43.7 Å². The Morgan fingerprint density at radius 2 is 1.70 bits per heavy atom. The lowest BCUT2D eigenvalue weighted by atomic mass is 9.55. The van der Waals surface area contributed by atoms with E-state index >= 15 is 0 Å². The molecule has 0 radical (unpaired) electrons. The van der Waals surface area contributed by atoms with E-state index in [0.29, 0.717) is 48.0 Å². The summed E-state index contributed by atoms with van der Waals surface area (Å²) in [7, 11) is 0. The number of ether oxygens (including phenoxy) is 6. The molecule has 2 heterocycles. The summed E-state index contributed by atoms with van der Waals surface area (Å²) < 4.78 is 38.1. The molecule has 0 bridgehead atoms. The van der Waals surface area contributed by atoms with E-state index in [4.69, 9.17) is 50.0 Å². The summed E-state index contributed by atoms with van der Waals surface area (Å²) in [5.41, 5.74) is 3.81. The van der Waals surface area contributed by atoms with E-state index in [0.717, 1.165) is 41.5 Å².